The second-order valence-corrected chi connectivity index (χ2v) is 5.15. The Morgan fingerprint density at radius 3 is 3.06 bits per heavy atom. The van der Waals surface area contributed by atoms with Crippen molar-refractivity contribution in [3.05, 3.63) is 30.1 Å². The van der Waals surface area contributed by atoms with Crippen LogP contribution in [0.5, 0.6) is 0 Å². The van der Waals surface area contributed by atoms with Crippen molar-refractivity contribution in [2.75, 3.05) is 20.1 Å². The lowest BCUT2D eigenvalue weighted by atomic mass is 10.0. The first-order chi connectivity index (χ1) is 8.66. The minimum atomic E-state index is 0.118. The highest BCUT2D eigenvalue weighted by Gasteiger charge is 2.23. The maximum atomic E-state index is 12.3. The molecule has 1 aromatic heterocycles. The van der Waals surface area contributed by atoms with Crippen LogP contribution in [0.2, 0.25) is 0 Å². The average molecular weight is 247 g/mol. The van der Waals surface area contributed by atoms with Gasteiger partial charge in [-0.05, 0) is 30.9 Å². The third kappa shape index (κ3) is 3.22. The molecule has 1 atom stereocenters. The van der Waals surface area contributed by atoms with Gasteiger partial charge in [-0.15, -0.1) is 0 Å². The van der Waals surface area contributed by atoms with Crippen LogP contribution >= 0.6 is 0 Å². The average Bonchev–Trinajstić information content (AvgIpc) is 2.39. The molecule has 4 heteroatoms. The molecule has 1 aliphatic rings. The zero-order valence-corrected chi connectivity index (χ0v) is 11.2. The van der Waals surface area contributed by atoms with Crippen molar-refractivity contribution in [2.24, 2.45) is 5.92 Å². The zero-order valence-electron chi connectivity index (χ0n) is 11.2. The van der Waals surface area contributed by atoms with E-state index >= 15 is 0 Å². The number of carbonyl (C=O) groups is 1. The number of pyridine rings is 1. The SMILES string of the molecule is CC1CCCN(C(=O)N(C)Cc2ccccn2)C1. The fourth-order valence-electron chi connectivity index (χ4n) is 2.41. The van der Waals surface area contributed by atoms with Gasteiger partial charge in [-0.25, -0.2) is 4.79 Å². The standard InChI is InChI=1S/C14H21N3O/c1-12-6-5-9-17(10-12)14(18)16(2)11-13-7-3-4-8-15-13/h3-4,7-8,12H,5-6,9-11H2,1-2H3. The van der Waals surface area contributed by atoms with E-state index in [1.807, 2.05) is 30.1 Å². The van der Waals surface area contributed by atoms with Crippen LogP contribution < -0.4 is 0 Å². The second-order valence-electron chi connectivity index (χ2n) is 5.15. The first-order valence-electron chi connectivity index (χ1n) is 6.57. The maximum Gasteiger partial charge on any atom is 0.320 e. The highest BCUT2D eigenvalue weighted by Crippen LogP contribution is 2.17. The van der Waals surface area contributed by atoms with Gasteiger partial charge in [-0.3, -0.25) is 4.98 Å². The topological polar surface area (TPSA) is 36.4 Å². The second kappa shape index (κ2) is 5.85. The Morgan fingerprint density at radius 2 is 2.39 bits per heavy atom. The number of hydrogen-bond donors (Lipinski definition) is 0. The number of amides is 2. The number of hydrogen-bond acceptors (Lipinski definition) is 2. The van der Waals surface area contributed by atoms with Gasteiger partial charge >= 0.3 is 6.03 Å². The number of likely N-dealkylation sites (tertiary alicyclic amines) is 1. The molecule has 0 aromatic carbocycles. The molecule has 2 heterocycles. The fraction of sp³-hybridized carbons (Fsp3) is 0.571. The number of aromatic nitrogens is 1. The lowest BCUT2D eigenvalue weighted by Gasteiger charge is -2.33. The van der Waals surface area contributed by atoms with Crippen molar-refractivity contribution in [2.45, 2.75) is 26.3 Å². The monoisotopic (exact) mass is 247 g/mol. The number of piperidine rings is 1. The summed E-state index contributed by atoms with van der Waals surface area (Å²) in [5.74, 6) is 0.617. The van der Waals surface area contributed by atoms with E-state index in [0.717, 1.165) is 25.2 Å². The van der Waals surface area contributed by atoms with E-state index in [1.165, 1.54) is 6.42 Å². The predicted octanol–water partition coefficient (Wildman–Crippen LogP) is 2.37. The minimum Gasteiger partial charge on any atom is -0.324 e. The molecule has 18 heavy (non-hydrogen) atoms. The van der Waals surface area contributed by atoms with Crippen molar-refractivity contribution < 1.29 is 4.79 Å². The summed E-state index contributed by atoms with van der Waals surface area (Å²) in [6.45, 7) is 4.55. The number of nitrogens with zero attached hydrogens (tertiary/aromatic N) is 3. The van der Waals surface area contributed by atoms with Crippen molar-refractivity contribution in [1.82, 2.24) is 14.8 Å². The summed E-state index contributed by atoms with van der Waals surface area (Å²) >= 11 is 0. The molecule has 0 saturated carbocycles. The molecule has 0 spiro atoms. The summed E-state index contributed by atoms with van der Waals surface area (Å²) < 4.78 is 0. The van der Waals surface area contributed by atoms with Crippen LogP contribution in [-0.2, 0) is 6.54 Å². The van der Waals surface area contributed by atoms with E-state index in [1.54, 1.807) is 11.1 Å². The van der Waals surface area contributed by atoms with Gasteiger partial charge in [0.15, 0.2) is 0 Å². The predicted molar refractivity (Wildman–Crippen MR) is 71.1 cm³/mol. The Balaban J connectivity index is 1.92. The molecule has 2 rings (SSSR count). The van der Waals surface area contributed by atoms with Gasteiger partial charge in [-0.2, -0.15) is 0 Å². The van der Waals surface area contributed by atoms with Gasteiger partial charge in [-0.1, -0.05) is 13.0 Å². The number of rotatable bonds is 2. The summed E-state index contributed by atoms with van der Waals surface area (Å²) in [6, 6.07) is 5.90. The van der Waals surface area contributed by atoms with Gasteiger partial charge < -0.3 is 9.80 Å². The highest BCUT2D eigenvalue weighted by molar-refractivity contribution is 5.74. The lowest BCUT2D eigenvalue weighted by molar-refractivity contribution is 0.137. The molecule has 0 N–H and O–H groups in total. The smallest absolute Gasteiger partial charge is 0.320 e. The Hall–Kier alpha value is -1.58. The van der Waals surface area contributed by atoms with Crippen LogP contribution in [0.3, 0.4) is 0 Å². The molecule has 1 aliphatic heterocycles. The Kier molecular flexibility index (Phi) is 4.18. The molecule has 1 unspecified atom stereocenters. The van der Waals surface area contributed by atoms with E-state index in [2.05, 4.69) is 11.9 Å². The molecule has 2 amide bonds. The normalized spacial score (nSPS) is 19.7. The van der Waals surface area contributed by atoms with Crippen molar-refractivity contribution in [3.8, 4) is 0 Å². The fourth-order valence-corrected chi connectivity index (χ4v) is 2.41. The van der Waals surface area contributed by atoms with Crippen LogP contribution in [0.1, 0.15) is 25.5 Å². The Morgan fingerprint density at radius 1 is 1.56 bits per heavy atom. The van der Waals surface area contributed by atoms with Crippen LogP contribution in [0.15, 0.2) is 24.4 Å². The largest absolute Gasteiger partial charge is 0.324 e. The van der Waals surface area contributed by atoms with Gasteiger partial charge in [0.1, 0.15) is 0 Å². The molecule has 4 nitrogen and oxygen atoms in total. The van der Waals surface area contributed by atoms with Gasteiger partial charge in [0.2, 0.25) is 0 Å². The molecular formula is C14H21N3O. The van der Waals surface area contributed by atoms with Crippen molar-refractivity contribution >= 4 is 6.03 Å². The van der Waals surface area contributed by atoms with Crippen LogP contribution in [0.25, 0.3) is 0 Å². The quantitative estimate of drug-likeness (QED) is 0.804. The maximum absolute atomic E-state index is 12.3. The molecule has 98 valence electrons. The first kappa shape index (κ1) is 12.9. The highest BCUT2D eigenvalue weighted by atomic mass is 16.2. The van der Waals surface area contributed by atoms with Gasteiger partial charge in [0.05, 0.1) is 12.2 Å². The van der Waals surface area contributed by atoms with Crippen molar-refractivity contribution in [1.29, 1.82) is 0 Å². The Bertz CT molecular complexity index is 393. The minimum absolute atomic E-state index is 0.118. The van der Waals surface area contributed by atoms with Crippen LogP contribution in [0.4, 0.5) is 4.79 Å². The summed E-state index contributed by atoms with van der Waals surface area (Å²) in [7, 11) is 1.84. The number of carbonyl (C=O) groups excluding carboxylic acids is 1. The lowest BCUT2D eigenvalue weighted by Crippen LogP contribution is -2.45. The van der Waals surface area contributed by atoms with Crippen molar-refractivity contribution in [3.63, 3.8) is 0 Å². The van der Waals surface area contributed by atoms with Gasteiger partial charge in [0.25, 0.3) is 0 Å². The third-order valence-corrected chi connectivity index (χ3v) is 3.38. The molecule has 0 bridgehead atoms. The number of urea groups is 1. The molecule has 1 saturated heterocycles. The third-order valence-electron chi connectivity index (χ3n) is 3.38. The van der Waals surface area contributed by atoms with E-state index in [-0.39, 0.29) is 6.03 Å². The van der Waals surface area contributed by atoms with Crippen LogP contribution in [-0.4, -0.2) is 41.0 Å². The summed E-state index contributed by atoms with van der Waals surface area (Å²) in [6.07, 6.45) is 4.11. The van der Waals surface area contributed by atoms with E-state index in [9.17, 15) is 4.79 Å². The summed E-state index contributed by atoms with van der Waals surface area (Å²) in [5.41, 5.74) is 0.929. The van der Waals surface area contributed by atoms with E-state index < -0.39 is 0 Å². The van der Waals surface area contributed by atoms with Gasteiger partial charge in [0, 0.05) is 26.3 Å². The van der Waals surface area contributed by atoms with E-state index in [4.69, 9.17) is 0 Å². The van der Waals surface area contributed by atoms with Crippen LogP contribution in [0, 0.1) is 5.92 Å². The molecule has 0 aliphatic carbocycles. The molecule has 1 aromatic rings. The Labute approximate surface area is 109 Å². The van der Waals surface area contributed by atoms with E-state index in [0.29, 0.717) is 12.5 Å². The molecule has 0 radical (unpaired) electrons. The molecular weight excluding hydrogens is 226 g/mol. The molecule has 1 fully saturated rings. The summed E-state index contributed by atoms with van der Waals surface area (Å²) in [5, 5.41) is 0. The first-order valence-corrected chi connectivity index (χ1v) is 6.57. The summed E-state index contributed by atoms with van der Waals surface area (Å²) in [4.78, 5) is 20.2. The zero-order chi connectivity index (χ0) is 13.0.